The molecule has 1 heteroatoms. The highest BCUT2D eigenvalue weighted by atomic mass is 14.9. The molecule has 0 heterocycles. The monoisotopic (exact) mass is 273 g/mol. The van der Waals surface area contributed by atoms with Crippen LogP contribution in [0.25, 0.3) is 0 Å². The van der Waals surface area contributed by atoms with Gasteiger partial charge in [-0.2, -0.15) is 0 Å². The number of benzene rings is 1. The molecule has 1 fully saturated rings. The standard InChI is InChI=1S/C19H31N/c1-14(2)17-10-8-16(9-11-17)13-19(20-4)18-7-5-6-15(3)12-18/h8-11,14-15,18-20H,5-7,12-13H2,1-4H3. The zero-order valence-corrected chi connectivity index (χ0v) is 13.7. The molecular formula is C19H31N. The van der Waals surface area contributed by atoms with Crippen molar-refractivity contribution >= 4 is 0 Å². The van der Waals surface area contributed by atoms with Crippen molar-refractivity contribution in [2.45, 2.75) is 64.8 Å². The number of hydrogen-bond donors (Lipinski definition) is 1. The summed E-state index contributed by atoms with van der Waals surface area (Å²) in [6.07, 6.45) is 6.81. The topological polar surface area (TPSA) is 12.0 Å². The molecule has 112 valence electrons. The van der Waals surface area contributed by atoms with Crippen molar-refractivity contribution in [2.75, 3.05) is 7.05 Å². The number of rotatable bonds is 5. The van der Waals surface area contributed by atoms with Crippen molar-refractivity contribution in [2.24, 2.45) is 11.8 Å². The molecule has 0 bridgehead atoms. The van der Waals surface area contributed by atoms with E-state index >= 15 is 0 Å². The van der Waals surface area contributed by atoms with Crippen LogP contribution in [0.2, 0.25) is 0 Å². The molecule has 1 aromatic carbocycles. The van der Waals surface area contributed by atoms with Gasteiger partial charge in [-0.05, 0) is 55.2 Å². The van der Waals surface area contributed by atoms with Gasteiger partial charge in [0.1, 0.15) is 0 Å². The SMILES string of the molecule is CNC(Cc1ccc(C(C)C)cc1)C1CCCC(C)C1. The Morgan fingerprint density at radius 1 is 1.15 bits per heavy atom. The molecule has 0 spiro atoms. The molecule has 1 nitrogen and oxygen atoms in total. The van der Waals surface area contributed by atoms with E-state index in [1.807, 2.05) is 0 Å². The average molecular weight is 273 g/mol. The Morgan fingerprint density at radius 3 is 2.40 bits per heavy atom. The fraction of sp³-hybridized carbons (Fsp3) is 0.684. The van der Waals surface area contributed by atoms with Gasteiger partial charge in [-0.3, -0.25) is 0 Å². The van der Waals surface area contributed by atoms with Gasteiger partial charge in [-0.15, -0.1) is 0 Å². The number of hydrogen-bond acceptors (Lipinski definition) is 1. The molecule has 0 radical (unpaired) electrons. The first-order chi connectivity index (χ1) is 9.60. The summed E-state index contributed by atoms with van der Waals surface area (Å²) in [5, 5.41) is 3.58. The fourth-order valence-corrected chi connectivity index (χ4v) is 3.64. The molecule has 20 heavy (non-hydrogen) atoms. The van der Waals surface area contributed by atoms with Crippen molar-refractivity contribution in [3.8, 4) is 0 Å². The molecule has 0 amide bonds. The lowest BCUT2D eigenvalue weighted by molar-refractivity contribution is 0.227. The van der Waals surface area contributed by atoms with Crippen LogP contribution in [-0.4, -0.2) is 13.1 Å². The Morgan fingerprint density at radius 2 is 1.85 bits per heavy atom. The largest absolute Gasteiger partial charge is 0.316 e. The Bertz CT molecular complexity index is 393. The minimum absolute atomic E-state index is 0.628. The molecule has 2 rings (SSSR count). The maximum absolute atomic E-state index is 3.58. The first kappa shape index (κ1) is 15.6. The van der Waals surface area contributed by atoms with E-state index in [2.05, 4.69) is 57.4 Å². The summed E-state index contributed by atoms with van der Waals surface area (Å²) < 4.78 is 0. The highest BCUT2D eigenvalue weighted by molar-refractivity contribution is 5.25. The van der Waals surface area contributed by atoms with Gasteiger partial charge in [-0.25, -0.2) is 0 Å². The van der Waals surface area contributed by atoms with Gasteiger partial charge in [0.15, 0.2) is 0 Å². The summed E-state index contributed by atoms with van der Waals surface area (Å²) in [6.45, 7) is 6.93. The fourth-order valence-electron chi connectivity index (χ4n) is 3.64. The maximum Gasteiger partial charge on any atom is 0.0133 e. The van der Waals surface area contributed by atoms with Gasteiger partial charge in [-0.1, -0.05) is 57.9 Å². The smallest absolute Gasteiger partial charge is 0.0133 e. The van der Waals surface area contributed by atoms with Crippen LogP contribution in [0.3, 0.4) is 0 Å². The predicted molar refractivity (Wildman–Crippen MR) is 88.2 cm³/mol. The van der Waals surface area contributed by atoms with E-state index in [1.165, 1.54) is 43.2 Å². The Balaban J connectivity index is 1.98. The van der Waals surface area contributed by atoms with Crippen LogP contribution in [0.5, 0.6) is 0 Å². The van der Waals surface area contributed by atoms with Gasteiger partial charge in [0.2, 0.25) is 0 Å². The third-order valence-electron chi connectivity index (χ3n) is 5.02. The highest BCUT2D eigenvalue weighted by Crippen LogP contribution is 2.32. The van der Waals surface area contributed by atoms with E-state index in [4.69, 9.17) is 0 Å². The molecule has 3 unspecified atom stereocenters. The molecule has 0 aromatic heterocycles. The minimum atomic E-state index is 0.628. The van der Waals surface area contributed by atoms with E-state index in [1.54, 1.807) is 0 Å². The average Bonchev–Trinajstić information content (AvgIpc) is 2.45. The van der Waals surface area contributed by atoms with Crippen LogP contribution in [-0.2, 0) is 6.42 Å². The van der Waals surface area contributed by atoms with E-state index in [-0.39, 0.29) is 0 Å². The van der Waals surface area contributed by atoms with Crippen molar-refractivity contribution in [1.29, 1.82) is 0 Å². The van der Waals surface area contributed by atoms with E-state index < -0.39 is 0 Å². The first-order valence-corrected chi connectivity index (χ1v) is 8.36. The van der Waals surface area contributed by atoms with Crippen LogP contribution in [0.4, 0.5) is 0 Å². The summed E-state index contributed by atoms with van der Waals surface area (Å²) in [5.74, 6) is 2.39. The van der Waals surface area contributed by atoms with Gasteiger partial charge in [0.25, 0.3) is 0 Å². The molecule has 1 saturated carbocycles. The third kappa shape index (κ3) is 4.09. The predicted octanol–water partition coefficient (Wildman–Crippen LogP) is 4.77. The van der Waals surface area contributed by atoms with Gasteiger partial charge in [0.05, 0.1) is 0 Å². The van der Waals surface area contributed by atoms with E-state index in [0.29, 0.717) is 12.0 Å². The summed E-state index contributed by atoms with van der Waals surface area (Å²) in [4.78, 5) is 0. The van der Waals surface area contributed by atoms with Crippen molar-refractivity contribution in [1.82, 2.24) is 5.32 Å². The Hall–Kier alpha value is -0.820. The van der Waals surface area contributed by atoms with E-state index in [9.17, 15) is 0 Å². The normalized spacial score (nSPS) is 24.9. The van der Waals surface area contributed by atoms with Crippen molar-refractivity contribution in [3.05, 3.63) is 35.4 Å². The third-order valence-corrected chi connectivity index (χ3v) is 5.02. The second-order valence-corrected chi connectivity index (χ2v) is 7.03. The molecule has 0 saturated heterocycles. The van der Waals surface area contributed by atoms with Gasteiger partial charge >= 0.3 is 0 Å². The molecule has 1 aliphatic carbocycles. The van der Waals surface area contributed by atoms with Crippen LogP contribution >= 0.6 is 0 Å². The highest BCUT2D eigenvalue weighted by Gasteiger charge is 2.25. The van der Waals surface area contributed by atoms with Crippen molar-refractivity contribution < 1.29 is 0 Å². The second kappa shape index (κ2) is 7.26. The maximum atomic E-state index is 3.58. The minimum Gasteiger partial charge on any atom is -0.316 e. The number of likely N-dealkylation sites (N-methyl/N-ethyl adjacent to an activating group) is 1. The molecule has 3 atom stereocenters. The van der Waals surface area contributed by atoms with Crippen LogP contribution in [0.1, 0.15) is 63.5 Å². The molecule has 1 aromatic rings. The van der Waals surface area contributed by atoms with E-state index in [0.717, 1.165) is 11.8 Å². The van der Waals surface area contributed by atoms with Crippen LogP contribution in [0, 0.1) is 11.8 Å². The molecule has 1 N–H and O–H groups in total. The molecule has 0 aliphatic heterocycles. The van der Waals surface area contributed by atoms with Crippen LogP contribution in [0.15, 0.2) is 24.3 Å². The zero-order valence-electron chi connectivity index (χ0n) is 13.7. The summed E-state index contributed by atoms with van der Waals surface area (Å²) in [5.41, 5.74) is 2.92. The molecule has 1 aliphatic rings. The summed E-state index contributed by atoms with van der Waals surface area (Å²) in [7, 11) is 2.13. The van der Waals surface area contributed by atoms with Gasteiger partial charge in [0, 0.05) is 6.04 Å². The number of nitrogens with one attached hydrogen (secondary N) is 1. The lowest BCUT2D eigenvalue weighted by Gasteiger charge is -2.33. The zero-order chi connectivity index (χ0) is 14.5. The quantitative estimate of drug-likeness (QED) is 0.815. The molecular weight excluding hydrogens is 242 g/mol. The van der Waals surface area contributed by atoms with Crippen molar-refractivity contribution in [3.63, 3.8) is 0 Å². The van der Waals surface area contributed by atoms with Gasteiger partial charge < -0.3 is 5.32 Å². The second-order valence-electron chi connectivity index (χ2n) is 7.03. The summed E-state index contributed by atoms with van der Waals surface area (Å²) in [6, 6.07) is 9.90. The Kier molecular flexibility index (Phi) is 5.65. The summed E-state index contributed by atoms with van der Waals surface area (Å²) >= 11 is 0. The van der Waals surface area contributed by atoms with Crippen LogP contribution < -0.4 is 5.32 Å². The lowest BCUT2D eigenvalue weighted by Crippen LogP contribution is -2.37. The Labute approximate surface area is 125 Å². The first-order valence-electron chi connectivity index (χ1n) is 8.36. The lowest BCUT2D eigenvalue weighted by atomic mass is 9.77.